The zero-order valence-corrected chi connectivity index (χ0v) is 21.3. The van der Waals surface area contributed by atoms with Crippen LogP contribution in [0.2, 0.25) is 0 Å². The number of carbonyl (C=O) groups excluding carboxylic acids is 2. The van der Waals surface area contributed by atoms with Crippen LogP contribution in [0.5, 0.6) is 11.5 Å². The molecule has 2 amide bonds. The van der Waals surface area contributed by atoms with Gasteiger partial charge in [-0.3, -0.25) is 20.4 Å². The number of nitrogens with one attached hydrogen (secondary N) is 2. The quantitative estimate of drug-likeness (QED) is 0.332. The maximum atomic E-state index is 12.5. The van der Waals surface area contributed by atoms with Crippen molar-refractivity contribution in [1.82, 2.24) is 10.9 Å². The van der Waals surface area contributed by atoms with Gasteiger partial charge >= 0.3 is 0 Å². The van der Waals surface area contributed by atoms with Crippen LogP contribution in [0.1, 0.15) is 23.7 Å². The Bertz CT molecular complexity index is 1120. The number of hydrazine groups is 1. The molecule has 9 heteroatoms. The number of amides is 2. The van der Waals surface area contributed by atoms with E-state index in [2.05, 4.69) is 58.6 Å². The van der Waals surface area contributed by atoms with Crippen LogP contribution in [0, 0.1) is 0 Å². The summed E-state index contributed by atoms with van der Waals surface area (Å²) in [5.41, 5.74) is 5.07. The van der Waals surface area contributed by atoms with Crippen LogP contribution in [0.4, 0.5) is 0 Å². The summed E-state index contributed by atoms with van der Waals surface area (Å²) in [7, 11) is 0. The van der Waals surface area contributed by atoms with E-state index in [1.807, 2.05) is 31.2 Å². The third kappa shape index (κ3) is 6.21. The van der Waals surface area contributed by atoms with E-state index in [0.29, 0.717) is 23.7 Å². The minimum atomic E-state index is -0.498. The van der Waals surface area contributed by atoms with Gasteiger partial charge in [0, 0.05) is 8.95 Å². The molecule has 0 fully saturated rings. The molecule has 0 aromatic heterocycles. The number of ether oxygens (including phenoxy) is 2. The summed E-state index contributed by atoms with van der Waals surface area (Å²) in [5, 5.41) is 1.99. The summed E-state index contributed by atoms with van der Waals surface area (Å²) >= 11 is 10.3. The number of fused-ring (bicyclic) bond motifs is 1. The lowest BCUT2D eigenvalue weighted by Gasteiger charge is -2.13. The van der Waals surface area contributed by atoms with E-state index in [1.54, 1.807) is 24.3 Å². The van der Waals surface area contributed by atoms with Gasteiger partial charge < -0.3 is 9.47 Å². The highest BCUT2D eigenvalue weighted by Gasteiger charge is 2.15. The first-order valence-corrected chi connectivity index (χ1v) is 11.8. The summed E-state index contributed by atoms with van der Waals surface area (Å²) < 4.78 is 13.7. The Kier molecular flexibility index (Phi) is 8.34. The molecule has 0 aliphatic carbocycles. The molecule has 0 bridgehead atoms. The Morgan fingerprint density at radius 2 is 1.58 bits per heavy atom. The van der Waals surface area contributed by atoms with Gasteiger partial charge in [-0.05, 0) is 69.5 Å². The molecule has 0 aliphatic rings. The van der Waals surface area contributed by atoms with Gasteiger partial charge in [-0.1, -0.05) is 50.9 Å². The molecule has 0 saturated carbocycles. The van der Waals surface area contributed by atoms with Crippen LogP contribution in [-0.2, 0) is 4.79 Å². The van der Waals surface area contributed by atoms with E-state index in [0.717, 1.165) is 30.6 Å². The summed E-state index contributed by atoms with van der Waals surface area (Å²) in [4.78, 5) is 24.7. The van der Waals surface area contributed by atoms with Crippen LogP contribution in [-0.4, -0.2) is 25.0 Å². The molecule has 162 valence electrons. The fraction of sp³-hybridized carbons (Fsp3) is 0.182. The highest BCUT2D eigenvalue weighted by molar-refractivity contribution is 9.11. The predicted octanol–water partition coefficient (Wildman–Crippen LogP) is 5.76. The molecular formula is C22H19Br3N2O4. The van der Waals surface area contributed by atoms with Gasteiger partial charge in [0.2, 0.25) is 0 Å². The van der Waals surface area contributed by atoms with Crippen LogP contribution < -0.4 is 20.3 Å². The van der Waals surface area contributed by atoms with Crippen molar-refractivity contribution in [3.63, 3.8) is 0 Å². The summed E-state index contributed by atoms with van der Waals surface area (Å²) in [5.74, 6) is -0.0151. The Hall–Kier alpha value is -2.10. The van der Waals surface area contributed by atoms with E-state index in [9.17, 15) is 9.59 Å². The maximum Gasteiger partial charge on any atom is 0.276 e. The topological polar surface area (TPSA) is 76.7 Å². The standard InChI is InChI=1S/C22H19Br3N2O4/c1-2-9-30-18-8-5-15(24)11-17(18)22(29)27-26-20(28)12-31-19-7-3-13-10-14(23)4-6-16(13)21(19)25/h3-8,10-11H,2,9,12H2,1H3,(H,26,28)(H,27,29). The van der Waals surface area contributed by atoms with E-state index in [4.69, 9.17) is 9.47 Å². The molecule has 0 aliphatic heterocycles. The minimum absolute atomic E-state index is 0.265. The van der Waals surface area contributed by atoms with Gasteiger partial charge in [-0.15, -0.1) is 0 Å². The SMILES string of the molecule is CCCOc1ccc(Br)cc1C(=O)NNC(=O)COc1ccc2cc(Br)ccc2c1Br. The first-order chi connectivity index (χ1) is 14.9. The van der Waals surface area contributed by atoms with Crippen LogP contribution >= 0.6 is 47.8 Å². The lowest BCUT2D eigenvalue weighted by molar-refractivity contribution is -0.123. The molecule has 0 atom stereocenters. The number of rotatable bonds is 7. The van der Waals surface area contributed by atoms with Crippen molar-refractivity contribution in [1.29, 1.82) is 0 Å². The average Bonchev–Trinajstić information content (AvgIpc) is 2.76. The van der Waals surface area contributed by atoms with Crippen LogP contribution in [0.3, 0.4) is 0 Å². The zero-order chi connectivity index (χ0) is 22.4. The number of carbonyl (C=O) groups is 2. The molecule has 3 aromatic carbocycles. The lowest BCUT2D eigenvalue weighted by atomic mass is 10.1. The minimum Gasteiger partial charge on any atom is -0.493 e. The molecule has 2 N–H and O–H groups in total. The third-order valence-corrected chi connectivity index (χ3v) is 6.01. The van der Waals surface area contributed by atoms with E-state index in [-0.39, 0.29) is 6.61 Å². The van der Waals surface area contributed by atoms with Crippen molar-refractivity contribution in [3.8, 4) is 11.5 Å². The number of hydrogen-bond acceptors (Lipinski definition) is 4. The summed E-state index contributed by atoms with van der Waals surface area (Å²) in [6, 6.07) is 14.7. The highest BCUT2D eigenvalue weighted by atomic mass is 79.9. The first kappa shape index (κ1) is 23.6. The fourth-order valence-corrected chi connectivity index (χ4v) is 4.09. The maximum absolute atomic E-state index is 12.5. The van der Waals surface area contributed by atoms with E-state index in [1.165, 1.54) is 0 Å². The third-order valence-electron chi connectivity index (χ3n) is 4.20. The molecule has 3 rings (SSSR count). The normalized spacial score (nSPS) is 10.6. The van der Waals surface area contributed by atoms with Crippen molar-refractivity contribution < 1.29 is 19.1 Å². The van der Waals surface area contributed by atoms with Crippen molar-refractivity contribution in [3.05, 3.63) is 67.5 Å². The molecule has 0 spiro atoms. The predicted molar refractivity (Wildman–Crippen MR) is 130 cm³/mol. The van der Waals surface area contributed by atoms with E-state index < -0.39 is 11.8 Å². The Morgan fingerprint density at radius 1 is 0.871 bits per heavy atom. The Labute approximate surface area is 205 Å². The number of halogens is 3. The number of benzene rings is 3. The van der Waals surface area contributed by atoms with Gasteiger partial charge in [0.1, 0.15) is 11.5 Å². The largest absolute Gasteiger partial charge is 0.493 e. The second-order valence-corrected chi connectivity index (χ2v) is 9.15. The molecule has 0 radical (unpaired) electrons. The van der Waals surface area contributed by atoms with Crippen molar-refractivity contribution in [2.45, 2.75) is 13.3 Å². The van der Waals surface area contributed by atoms with Crippen molar-refractivity contribution >= 4 is 70.4 Å². The highest BCUT2D eigenvalue weighted by Crippen LogP contribution is 2.34. The van der Waals surface area contributed by atoms with Crippen molar-refractivity contribution in [2.24, 2.45) is 0 Å². The summed E-state index contributed by atoms with van der Waals surface area (Å²) in [6.45, 7) is 2.20. The molecular weight excluding hydrogens is 596 g/mol. The monoisotopic (exact) mass is 612 g/mol. The van der Waals surface area contributed by atoms with E-state index >= 15 is 0 Å². The van der Waals surface area contributed by atoms with Gasteiger partial charge in [0.25, 0.3) is 11.8 Å². The second kappa shape index (κ2) is 11.0. The molecule has 3 aromatic rings. The molecule has 0 saturated heterocycles. The smallest absolute Gasteiger partial charge is 0.276 e. The first-order valence-electron chi connectivity index (χ1n) is 9.41. The lowest BCUT2D eigenvalue weighted by Crippen LogP contribution is -2.44. The van der Waals surface area contributed by atoms with Crippen LogP contribution in [0.15, 0.2) is 61.9 Å². The molecule has 31 heavy (non-hydrogen) atoms. The Balaban J connectivity index is 1.59. The number of hydrogen-bond donors (Lipinski definition) is 2. The van der Waals surface area contributed by atoms with Crippen LogP contribution in [0.25, 0.3) is 10.8 Å². The molecule has 6 nitrogen and oxygen atoms in total. The fourth-order valence-electron chi connectivity index (χ4n) is 2.74. The molecule has 0 heterocycles. The Morgan fingerprint density at radius 3 is 2.35 bits per heavy atom. The van der Waals surface area contributed by atoms with Crippen molar-refractivity contribution in [2.75, 3.05) is 13.2 Å². The summed E-state index contributed by atoms with van der Waals surface area (Å²) in [6.07, 6.45) is 0.812. The van der Waals surface area contributed by atoms with Gasteiger partial charge in [0.05, 0.1) is 16.6 Å². The van der Waals surface area contributed by atoms with Gasteiger partial charge in [-0.25, -0.2) is 0 Å². The van der Waals surface area contributed by atoms with Gasteiger partial charge in [-0.2, -0.15) is 0 Å². The zero-order valence-electron chi connectivity index (χ0n) is 16.5. The molecule has 0 unspecified atom stereocenters. The second-order valence-electron chi connectivity index (χ2n) is 6.52. The van der Waals surface area contributed by atoms with Gasteiger partial charge in [0.15, 0.2) is 6.61 Å². The average molecular weight is 615 g/mol.